The topological polar surface area (TPSA) is 66.4 Å². The number of hydrogen-bond acceptors (Lipinski definition) is 6. The first-order chi connectivity index (χ1) is 12.6. The smallest absolute Gasteiger partial charge is 0.243 e. The van der Waals surface area contributed by atoms with Gasteiger partial charge < -0.3 is 4.90 Å². The largest absolute Gasteiger partial charge is 0.347 e. The van der Waals surface area contributed by atoms with E-state index in [1.807, 2.05) is 31.2 Å². The first-order valence-corrected chi connectivity index (χ1v) is 10.8. The number of rotatable bonds is 3. The van der Waals surface area contributed by atoms with Crippen molar-refractivity contribution < 1.29 is 8.42 Å². The molecule has 3 aromatic rings. The van der Waals surface area contributed by atoms with Crippen LogP contribution in [0.1, 0.15) is 12.0 Å². The first kappa shape index (κ1) is 17.4. The molecule has 8 heteroatoms. The van der Waals surface area contributed by atoms with E-state index in [4.69, 9.17) is 0 Å². The third-order valence-electron chi connectivity index (χ3n) is 4.59. The van der Waals surface area contributed by atoms with Gasteiger partial charge in [0, 0.05) is 32.4 Å². The molecule has 0 spiro atoms. The fourth-order valence-electron chi connectivity index (χ4n) is 3.20. The Balaban J connectivity index is 1.55. The summed E-state index contributed by atoms with van der Waals surface area (Å²) in [5, 5.41) is 0.911. The normalized spacial score (nSPS) is 16.7. The van der Waals surface area contributed by atoms with Crippen molar-refractivity contribution in [1.82, 2.24) is 14.3 Å². The van der Waals surface area contributed by atoms with E-state index >= 15 is 0 Å². The Morgan fingerprint density at radius 3 is 2.69 bits per heavy atom. The number of thiazole rings is 1. The second-order valence-electron chi connectivity index (χ2n) is 6.33. The molecule has 26 heavy (non-hydrogen) atoms. The summed E-state index contributed by atoms with van der Waals surface area (Å²) in [6.45, 7) is 4.24. The van der Waals surface area contributed by atoms with Gasteiger partial charge in [-0.1, -0.05) is 29.5 Å². The summed E-state index contributed by atoms with van der Waals surface area (Å²) in [5.74, 6) is 0. The van der Waals surface area contributed by atoms with E-state index in [9.17, 15) is 8.42 Å². The molecular formula is C18H20N4O2S2. The Morgan fingerprint density at radius 1 is 1.04 bits per heavy atom. The monoisotopic (exact) mass is 388 g/mol. The standard InChI is InChI=1S/C18H20N4O2S2/c1-14-6-2-3-8-16(14)26(23,24)22-11-5-10-21(12-13-22)18-20-15-7-4-9-19-17(15)25-18/h2-4,6-9H,5,10-13H2,1H3. The van der Waals surface area contributed by atoms with Gasteiger partial charge in [0.2, 0.25) is 10.0 Å². The Labute approximate surface area is 157 Å². The minimum Gasteiger partial charge on any atom is -0.347 e. The Bertz CT molecular complexity index is 999. The van der Waals surface area contributed by atoms with Crippen molar-refractivity contribution in [2.75, 3.05) is 31.1 Å². The van der Waals surface area contributed by atoms with Crippen molar-refractivity contribution in [2.45, 2.75) is 18.2 Å². The molecule has 1 aliphatic rings. The predicted octanol–water partition coefficient (Wildman–Crippen LogP) is 2.90. The summed E-state index contributed by atoms with van der Waals surface area (Å²) in [6, 6.07) is 11.0. The lowest BCUT2D eigenvalue weighted by atomic mass is 10.2. The van der Waals surface area contributed by atoms with Crippen LogP contribution in [0.15, 0.2) is 47.5 Å². The van der Waals surface area contributed by atoms with E-state index in [0.717, 1.165) is 34.0 Å². The molecule has 0 amide bonds. The van der Waals surface area contributed by atoms with Gasteiger partial charge in [-0.15, -0.1) is 0 Å². The van der Waals surface area contributed by atoms with E-state index in [-0.39, 0.29) is 0 Å². The van der Waals surface area contributed by atoms with Crippen LogP contribution in [0.2, 0.25) is 0 Å². The van der Waals surface area contributed by atoms with Gasteiger partial charge in [0.15, 0.2) is 5.13 Å². The van der Waals surface area contributed by atoms with Gasteiger partial charge in [-0.3, -0.25) is 0 Å². The van der Waals surface area contributed by atoms with Crippen LogP contribution in [-0.4, -0.2) is 48.9 Å². The summed E-state index contributed by atoms with van der Waals surface area (Å²) in [6.07, 6.45) is 2.54. The second kappa shape index (κ2) is 6.94. The number of pyridine rings is 1. The highest BCUT2D eigenvalue weighted by atomic mass is 32.2. The molecule has 0 atom stereocenters. The minimum atomic E-state index is -3.47. The maximum absolute atomic E-state index is 13.0. The number of nitrogens with zero attached hydrogens (tertiary/aromatic N) is 4. The van der Waals surface area contributed by atoms with Crippen LogP contribution in [0.4, 0.5) is 5.13 Å². The van der Waals surface area contributed by atoms with Crippen molar-refractivity contribution in [3.63, 3.8) is 0 Å². The maximum Gasteiger partial charge on any atom is 0.243 e. The lowest BCUT2D eigenvalue weighted by molar-refractivity contribution is 0.433. The third-order valence-corrected chi connectivity index (χ3v) is 7.69. The molecule has 0 saturated carbocycles. The van der Waals surface area contributed by atoms with Crippen LogP contribution >= 0.6 is 11.3 Å². The van der Waals surface area contributed by atoms with Gasteiger partial charge in [0.05, 0.1) is 4.90 Å². The van der Waals surface area contributed by atoms with E-state index in [1.165, 1.54) is 0 Å². The van der Waals surface area contributed by atoms with Gasteiger partial charge in [0.25, 0.3) is 0 Å². The second-order valence-corrected chi connectivity index (χ2v) is 9.20. The summed E-state index contributed by atoms with van der Waals surface area (Å²) in [7, 11) is -3.47. The highest BCUT2D eigenvalue weighted by Gasteiger charge is 2.28. The Kier molecular flexibility index (Phi) is 4.64. The average Bonchev–Trinajstić information content (AvgIpc) is 2.90. The molecule has 136 valence electrons. The SMILES string of the molecule is Cc1ccccc1S(=O)(=O)N1CCCN(c2nc3cccnc3s2)CC1. The molecule has 1 aromatic carbocycles. The summed E-state index contributed by atoms with van der Waals surface area (Å²) in [4.78, 5) is 12.5. The van der Waals surface area contributed by atoms with Crippen LogP contribution in [0.5, 0.6) is 0 Å². The van der Waals surface area contributed by atoms with Crippen molar-refractivity contribution >= 4 is 36.8 Å². The molecule has 0 unspecified atom stereocenters. The van der Waals surface area contributed by atoms with Crippen LogP contribution in [-0.2, 0) is 10.0 Å². The molecule has 0 bridgehead atoms. The quantitative estimate of drug-likeness (QED) is 0.690. The number of hydrogen-bond donors (Lipinski definition) is 0. The Morgan fingerprint density at radius 2 is 1.88 bits per heavy atom. The van der Waals surface area contributed by atoms with Crippen LogP contribution < -0.4 is 4.90 Å². The number of aryl methyl sites for hydroxylation is 1. The maximum atomic E-state index is 13.0. The van der Waals surface area contributed by atoms with Crippen LogP contribution in [0, 0.1) is 6.92 Å². The summed E-state index contributed by atoms with van der Waals surface area (Å²) < 4.78 is 27.7. The molecule has 0 aliphatic carbocycles. The zero-order valence-electron chi connectivity index (χ0n) is 14.5. The molecule has 4 rings (SSSR count). The van der Waals surface area contributed by atoms with Gasteiger partial charge in [-0.25, -0.2) is 18.4 Å². The summed E-state index contributed by atoms with van der Waals surface area (Å²) in [5.41, 5.74) is 1.67. The average molecular weight is 389 g/mol. The Hall–Kier alpha value is -2.03. The molecule has 2 aromatic heterocycles. The molecule has 1 fully saturated rings. The van der Waals surface area contributed by atoms with Crippen molar-refractivity contribution in [2.24, 2.45) is 0 Å². The van der Waals surface area contributed by atoms with Gasteiger partial charge in [0.1, 0.15) is 10.3 Å². The van der Waals surface area contributed by atoms with E-state index in [1.54, 1.807) is 34.0 Å². The minimum absolute atomic E-state index is 0.401. The fourth-order valence-corrected chi connectivity index (χ4v) is 5.86. The zero-order chi connectivity index (χ0) is 18.1. The van der Waals surface area contributed by atoms with E-state index in [0.29, 0.717) is 24.5 Å². The van der Waals surface area contributed by atoms with Crippen molar-refractivity contribution in [3.8, 4) is 0 Å². The molecule has 3 heterocycles. The molecular weight excluding hydrogens is 368 g/mol. The highest BCUT2D eigenvalue weighted by Crippen LogP contribution is 2.28. The van der Waals surface area contributed by atoms with Crippen molar-refractivity contribution in [1.29, 1.82) is 0 Å². The number of aromatic nitrogens is 2. The van der Waals surface area contributed by atoms with Crippen molar-refractivity contribution in [3.05, 3.63) is 48.2 Å². The van der Waals surface area contributed by atoms with Gasteiger partial charge >= 0.3 is 0 Å². The van der Waals surface area contributed by atoms with E-state index < -0.39 is 10.0 Å². The van der Waals surface area contributed by atoms with Gasteiger partial charge in [-0.2, -0.15) is 4.31 Å². The number of anilines is 1. The predicted molar refractivity (Wildman–Crippen MR) is 104 cm³/mol. The first-order valence-electron chi connectivity index (χ1n) is 8.58. The lowest BCUT2D eigenvalue weighted by Crippen LogP contribution is -2.35. The van der Waals surface area contributed by atoms with Crippen LogP contribution in [0.25, 0.3) is 10.3 Å². The highest BCUT2D eigenvalue weighted by molar-refractivity contribution is 7.89. The number of fused-ring (bicyclic) bond motifs is 1. The zero-order valence-corrected chi connectivity index (χ0v) is 16.1. The lowest BCUT2D eigenvalue weighted by Gasteiger charge is -2.22. The summed E-state index contributed by atoms with van der Waals surface area (Å²) >= 11 is 1.56. The molecule has 6 nitrogen and oxygen atoms in total. The van der Waals surface area contributed by atoms with Gasteiger partial charge in [-0.05, 0) is 37.1 Å². The van der Waals surface area contributed by atoms with Crippen LogP contribution in [0.3, 0.4) is 0 Å². The molecule has 0 N–H and O–H groups in total. The molecule has 0 radical (unpaired) electrons. The van der Waals surface area contributed by atoms with E-state index in [2.05, 4.69) is 14.9 Å². The third kappa shape index (κ3) is 3.20. The fraction of sp³-hybridized carbons (Fsp3) is 0.333. The number of sulfonamides is 1. The molecule has 1 aliphatic heterocycles. The number of benzene rings is 1. The molecule has 1 saturated heterocycles.